The van der Waals surface area contributed by atoms with E-state index in [9.17, 15) is 16.4 Å². The lowest BCUT2D eigenvalue weighted by Crippen LogP contribution is -2.61. The molecule has 41 heavy (non-hydrogen) atoms. The third kappa shape index (κ3) is 4.10. The van der Waals surface area contributed by atoms with Crippen LogP contribution in [0.2, 0.25) is 0 Å². The van der Waals surface area contributed by atoms with Gasteiger partial charge in [0.15, 0.2) is 0 Å². The second-order valence-electron chi connectivity index (χ2n) is 9.06. The molecular formula is C38H37BN2. The number of anilines is 6. The molecule has 5 aromatic rings. The Morgan fingerprint density at radius 1 is 0.537 bits per heavy atom. The summed E-state index contributed by atoms with van der Waals surface area (Å²) in [5.74, 6) is 0. The highest BCUT2D eigenvalue weighted by molar-refractivity contribution is 7.00. The quantitative estimate of drug-likeness (QED) is 0.193. The van der Waals surface area contributed by atoms with E-state index in [0.29, 0.717) is 4.90 Å². The highest BCUT2D eigenvalue weighted by Gasteiger charge is 2.43. The predicted molar refractivity (Wildman–Crippen MR) is 178 cm³/mol. The normalized spacial score (nSPS) is 28.8. The first-order valence-electron chi connectivity index (χ1n) is 30.2. The molecule has 0 spiro atoms. The highest BCUT2D eigenvalue weighted by atomic mass is 15.2. The number of benzene rings is 5. The molecule has 0 aliphatic carbocycles. The van der Waals surface area contributed by atoms with Crippen LogP contribution >= 0.6 is 0 Å². The van der Waals surface area contributed by atoms with Crippen molar-refractivity contribution >= 4 is 57.2 Å². The Morgan fingerprint density at radius 3 is 1.51 bits per heavy atom. The SMILES string of the molecule is [2H]c1c([2H])c(C([2H])([2H])[2H])c([2H])c([2H])c1N1c2c([2H])c([2H])c(C([2H])([2H])[2H])c([2H])c2B2c3c([2H])c(C([2H])([2H])[2H])c([2H])c([2H])c3N(c3c([2H])c([2H])c(C(C([2H])([2H])[2H])(C([2H])([2H])[2H])C([2H])([2H])[2H])c([2H])c3[2H])c3c([2H])c(C([2H])([2H])[2H])c([2H])c1c32. The van der Waals surface area contributed by atoms with Gasteiger partial charge in [0.2, 0.25) is 0 Å². The lowest BCUT2D eigenvalue weighted by molar-refractivity contribution is 0.590. The van der Waals surface area contributed by atoms with E-state index < -0.39 is 235 Å². The molecule has 2 heterocycles. The van der Waals surface area contributed by atoms with E-state index in [-0.39, 0.29) is 4.90 Å². The molecule has 2 aliphatic heterocycles. The molecule has 2 nitrogen and oxygen atoms in total. The van der Waals surface area contributed by atoms with Crippen molar-refractivity contribution in [2.24, 2.45) is 0 Å². The second kappa shape index (κ2) is 9.14. The first-order chi connectivity index (χ1) is 34.9. The van der Waals surface area contributed by atoms with Gasteiger partial charge in [-0.3, -0.25) is 0 Å². The number of hydrogen-bond donors (Lipinski definition) is 0. The van der Waals surface area contributed by atoms with Crippen molar-refractivity contribution in [2.75, 3.05) is 9.80 Å². The van der Waals surface area contributed by atoms with Crippen molar-refractivity contribution in [2.45, 2.75) is 53.4 Å². The van der Waals surface area contributed by atoms with Crippen LogP contribution in [0.15, 0.2) is 96.7 Å². The Morgan fingerprint density at radius 2 is 1.02 bits per heavy atom. The molecule has 0 unspecified atom stereocenters. The van der Waals surface area contributed by atoms with Crippen LogP contribution in [0.3, 0.4) is 0 Å². The number of hydrogen-bond acceptors (Lipinski definition) is 2. The largest absolute Gasteiger partial charge is 0.311 e. The van der Waals surface area contributed by atoms with Crippen molar-refractivity contribution in [1.82, 2.24) is 0 Å². The summed E-state index contributed by atoms with van der Waals surface area (Å²) in [4.78, 5) is 0.571. The molecular weight excluding hydrogens is 495 g/mol. The van der Waals surface area contributed by atoms with Crippen molar-refractivity contribution < 1.29 is 50.7 Å². The highest BCUT2D eigenvalue weighted by Crippen LogP contribution is 2.44. The molecule has 0 fully saturated rings. The standard InChI is InChI=1S/C38H37BN2/c1-24-8-14-29(15-9-24)40-33-18-10-25(2)20-31(33)39-32-21-26(3)11-19-34(32)41(36-23-27(4)22-35(40)37(36)39)30-16-12-28(13-17-30)38(5,6)7/h8-23H,1-7H3/i1D3,2D3,3D3,4D3,5D3,6D3,7D3,8D,9D,10D,11D,12D,13D,14D,15D,16D,17D,18D,19D,20D,21D,22D,23D. The first kappa shape index (κ1) is 7.39. The summed E-state index contributed by atoms with van der Waals surface area (Å²) < 4.78 is 325. The summed E-state index contributed by atoms with van der Waals surface area (Å²) >= 11 is 0. The second-order valence-corrected chi connectivity index (χ2v) is 9.06. The Kier molecular flexibility index (Phi) is 1.65. The maximum atomic E-state index is 9.73. The fourth-order valence-corrected chi connectivity index (χ4v) is 4.87. The Labute approximate surface area is 297 Å². The number of fused-ring (bicyclic) bond motifs is 4. The summed E-state index contributed by atoms with van der Waals surface area (Å²) in [7, 11) is 0. The van der Waals surface area contributed by atoms with Gasteiger partial charge < -0.3 is 9.80 Å². The molecule has 0 saturated heterocycles. The van der Waals surface area contributed by atoms with Crippen molar-refractivity contribution in [3.63, 3.8) is 0 Å². The number of nitrogens with zero attached hydrogens (tertiary/aromatic N) is 2. The first-order valence-corrected chi connectivity index (χ1v) is 11.7. The van der Waals surface area contributed by atoms with Crippen LogP contribution < -0.4 is 26.2 Å². The summed E-state index contributed by atoms with van der Waals surface area (Å²) in [6, 6.07) is -23.4. The average molecular weight is 570 g/mol. The fourth-order valence-electron chi connectivity index (χ4n) is 4.87. The maximum Gasteiger partial charge on any atom is 0.252 e. The van der Waals surface area contributed by atoms with E-state index in [2.05, 4.69) is 0 Å². The molecule has 0 atom stereocenters. The minimum absolute atomic E-state index is 0.236. The van der Waals surface area contributed by atoms with Crippen LogP contribution in [0, 0.1) is 27.4 Å². The molecule has 0 bridgehead atoms. The van der Waals surface area contributed by atoms with E-state index in [0.717, 1.165) is 0 Å². The minimum atomic E-state index is -4.29. The van der Waals surface area contributed by atoms with Crippen LogP contribution in [0.4, 0.5) is 34.1 Å². The van der Waals surface area contributed by atoms with Gasteiger partial charge in [0.1, 0.15) is 0 Å². The Hall–Kier alpha value is -4.24. The molecule has 0 saturated carbocycles. The van der Waals surface area contributed by atoms with Crippen LogP contribution in [0.1, 0.15) is 99.1 Å². The van der Waals surface area contributed by atoms with Crippen molar-refractivity contribution in [3.05, 3.63) is 124 Å². The molecule has 2 aliphatic rings. The molecule has 202 valence electrons. The molecule has 5 aromatic carbocycles. The van der Waals surface area contributed by atoms with Gasteiger partial charge in [0.05, 0.1) is 21.9 Å². The Bertz CT molecular complexity index is 3350. The molecule has 3 heteroatoms. The van der Waals surface area contributed by atoms with Crippen molar-refractivity contribution in [3.8, 4) is 0 Å². The van der Waals surface area contributed by atoms with E-state index in [1.54, 1.807) is 0 Å². The van der Waals surface area contributed by atoms with Gasteiger partial charge in [-0.15, -0.1) is 0 Å². The van der Waals surface area contributed by atoms with Gasteiger partial charge in [-0.05, 0) is 109 Å². The predicted octanol–water partition coefficient (Wildman–Crippen LogP) is 8.30. The Balaban J connectivity index is 1.93. The smallest absolute Gasteiger partial charge is 0.252 e. The molecule has 7 rings (SSSR count). The van der Waals surface area contributed by atoms with Gasteiger partial charge in [0.25, 0.3) is 6.71 Å². The fraction of sp³-hybridized carbons (Fsp3) is 0.211. The van der Waals surface area contributed by atoms with Crippen molar-refractivity contribution in [1.29, 1.82) is 0 Å². The summed E-state index contributed by atoms with van der Waals surface area (Å²) in [5, 5.41) is 0. The third-order valence-electron chi connectivity index (χ3n) is 6.44. The molecule has 0 amide bonds. The summed E-state index contributed by atoms with van der Waals surface area (Å²) in [6.07, 6.45) is 0. The third-order valence-corrected chi connectivity index (χ3v) is 6.44. The lowest BCUT2D eigenvalue weighted by atomic mass is 9.33. The van der Waals surface area contributed by atoms with Gasteiger partial charge >= 0.3 is 0 Å². The minimum Gasteiger partial charge on any atom is -0.311 e. The van der Waals surface area contributed by atoms with Gasteiger partial charge in [-0.25, -0.2) is 0 Å². The van der Waals surface area contributed by atoms with Gasteiger partial charge in [-0.2, -0.15) is 0 Å². The van der Waals surface area contributed by atoms with Gasteiger partial charge in [-0.1, -0.05) is 85.6 Å². The van der Waals surface area contributed by atoms with Crippen LogP contribution in [-0.2, 0) is 5.41 Å². The summed E-state index contributed by atoms with van der Waals surface area (Å²) in [5.41, 5.74) is -21.8. The van der Waals surface area contributed by atoms with E-state index in [1.807, 2.05) is 0 Å². The molecule has 0 radical (unpaired) electrons. The summed E-state index contributed by atoms with van der Waals surface area (Å²) in [6.45, 7) is -29.6. The van der Waals surface area contributed by atoms with Gasteiger partial charge in [0, 0.05) is 62.9 Å². The van der Waals surface area contributed by atoms with Crippen LogP contribution in [-0.4, -0.2) is 6.71 Å². The number of rotatable bonds is 2. The van der Waals surface area contributed by atoms with Crippen LogP contribution in [0.25, 0.3) is 0 Å². The zero-order valence-corrected chi connectivity index (χ0v) is 20.5. The topological polar surface area (TPSA) is 6.48 Å². The molecule has 0 aromatic heterocycles. The lowest BCUT2D eigenvalue weighted by Gasteiger charge is -2.44. The average Bonchev–Trinajstić information content (AvgIpc) is 3.23. The zero-order valence-electron chi connectivity index (χ0n) is 57.5. The molecule has 0 N–H and O–H groups in total. The maximum absolute atomic E-state index is 9.73. The van der Waals surface area contributed by atoms with E-state index in [1.165, 1.54) is 0 Å². The zero-order chi connectivity index (χ0) is 60.1. The monoisotopic (exact) mass is 570 g/mol. The van der Waals surface area contributed by atoms with E-state index in [4.69, 9.17) is 34.3 Å². The van der Waals surface area contributed by atoms with Crippen LogP contribution in [0.5, 0.6) is 0 Å². The van der Waals surface area contributed by atoms with E-state index >= 15 is 0 Å².